The van der Waals surface area contributed by atoms with E-state index >= 15 is 0 Å². The van der Waals surface area contributed by atoms with E-state index in [9.17, 15) is 5.11 Å². The summed E-state index contributed by atoms with van der Waals surface area (Å²) in [5.74, 6) is -1.20. The molecule has 2 aromatic rings. The number of hydrogen-bond acceptors (Lipinski definition) is 3. The van der Waals surface area contributed by atoms with Crippen LogP contribution in [0, 0.1) is 0 Å². The van der Waals surface area contributed by atoms with Crippen molar-refractivity contribution in [3.63, 3.8) is 0 Å². The van der Waals surface area contributed by atoms with E-state index in [2.05, 4.69) is 31.2 Å². The van der Waals surface area contributed by atoms with Crippen molar-refractivity contribution >= 4 is 19.4 Å². The maximum Gasteiger partial charge on any atom is 0.243 e. The molecule has 0 saturated carbocycles. The van der Waals surface area contributed by atoms with Crippen molar-refractivity contribution in [3.8, 4) is 0 Å². The Hall–Kier alpha value is -1.46. The number of hydrogen-bond donors (Lipinski definition) is 1. The molecule has 3 atom stereocenters. The minimum atomic E-state index is -1.99. The zero-order valence-electron chi connectivity index (χ0n) is 14.4. The van der Waals surface area contributed by atoms with Gasteiger partial charge in [0.15, 0.2) is 5.79 Å². The lowest BCUT2D eigenvalue weighted by atomic mass is 10.0. The number of benzene rings is 2. The van der Waals surface area contributed by atoms with Crippen LogP contribution in [0.1, 0.15) is 33.1 Å². The van der Waals surface area contributed by atoms with Crippen molar-refractivity contribution in [1.82, 2.24) is 0 Å². The monoisotopic (exact) mass is 342 g/mol. The van der Waals surface area contributed by atoms with Crippen molar-refractivity contribution in [3.05, 3.63) is 60.7 Å². The summed E-state index contributed by atoms with van der Waals surface area (Å²) in [5.41, 5.74) is 0. The molecule has 2 aromatic carbocycles. The first-order chi connectivity index (χ1) is 11.6. The smallest absolute Gasteiger partial charge is 0.243 e. The first-order valence-electron chi connectivity index (χ1n) is 8.79. The molecule has 0 radical (unpaired) electrons. The molecule has 1 heterocycles. The number of aliphatic hydroxyl groups is 1. The van der Waals surface area contributed by atoms with Crippen molar-refractivity contribution in [2.75, 3.05) is 0 Å². The standard InChI is InChI=1S/C20H26O3Si/c1-3-4-15-20(21,19-16(2)22-19)23-24(17-11-7-5-8-12-17)18-13-9-6-10-14-18/h5-14,16,19,21,24H,3-4,15H2,1-2H3. The van der Waals surface area contributed by atoms with Gasteiger partial charge in [-0.1, -0.05) is 74.0 Å². The molecule has 3 unspecified atom stereocenters. The van der Waals surface area contributed by atoms with Crippen LogP contribution >= 0.6 is 0 Å². The Labute approximate surface area is 146 Å². The Morgan fingerprint density at radius 1 is 1.04 bits per heavy atom. The van der Waals surface area contributed by atoms with Gasteiger partial charge in [-0.3, -0.25) is 0 Å². The van der Waals surface area contributed by atoms with Gasteiger partial charge >= 0.3 is 0 Å². The van der Waals surface area contributed by atoms with Crippen molar-refractivity contribution in [2.45, 2.75) is 51.1 Å². The molecule has 1 aliphatic rings. The van der Waals surface area contributed by atoms with Gasteiger partial charge in [0.05, 0.1) is 6.10 Å². The maximum atomic E-state index is 11.2. The molecule has 3 rings (SSSR count). The normalized spacial score (nSPS) is 22.3. The summed E-state index contributed by atoms with van der Waals surface area (Å²) in [4.78, 5) is 0. The van der Waals surface area contributed by atoms with Gasteiger partial charge in [0.25, 0.3) is 0 Å². The molecule has 24 heavy (non-hydrogen) atoms. The number of epoxide rings is 1. The molecule has 1 N–H and O–H groups in total. The third-order valence-electron chi connectivity index (χ3n) is 4.57. The highest BCUT2D eigenvalue weighted by Gasteiger charge is 2.53. The zero-order chi connectivity index (χ0) is 17.0. The van der Waals surface area contributed by atoms with E-state index < -0.39 is 14.8 Å². The SMILES string of the molecule is CCCCC(O)(O[SiH](c1ccccc1)c1ccccc1)C1OC1C. The quantitative estimate of drug-likeness (QED) is 0.454. The van der Waals surface area contributed by atoms with Crippen LogP contribution in [-0.4, -0.2) is 32.1 Å². The number of rotatable bonds is 8. The molecule has 1 fully saturated rings. The van der Waals surface area contributed by atoms with Gasteiger partial charge in [-0.15, -0.1) is 0 Å². The average Bonchev–Trinajstić information content (AvgIpc) is 3.37. The van der Waals surface area contributed by atoms with E-state index in [0.717, 1.165) is 12.8 Å². The fourth-order valence-electron chi connectivity index (χ4n) is 3.15. The van der Waals surface area contributed by atoms with Crippen LogP contribution in [0.15, 0.2) is 60.7 Å². The van der Waals surface area contributed by atoms with Crippen LogP contribution in [0.25, 0.3) is 0 Å². The second-order valence-corrected chi connectivity index (χ2v) is 8.86. The number of ether oxygens (including phenoxy) is 1. The van der Waals surface area contributed by atoms with Crippen molar-refractivity contribution < 1.29 is 14.3 Å². The van der Waals surface area contributed by atoms with Crippen LogP contribution in [0.4, 0.5) is 0 Å². The molecular formula is C20H26O3Si. The van der Waals surface area contributed by atoms with Gasteiger partial charge in [-0.05, 0) is 23.7 Å². The summed E-state index contributed by atoms with van der Waals surface area (Å²) in [6, 6.07) is 20.5. The molecule has 3 nitrogen and oxygen atoms in total. The zero-order valence-corrected chi connectivity index (χ0v) is 15.5. The van der Waals surface area contributed by atoms with Gasteiger partial charge in [0, 0.05) is 6.42 Å². The summed E-state index contributed by atoms with van der Waals surface area (Å²) in [6.45, 7) is 4.12. The summed E-state index contributed by atoms with van der Waals surface area (Å²) in [6.07, 6.45) is 2.41. The largest absolute Gasteiger partial charge is 0.382 e. The van der Waals surface area contributed by atoms with E-state index in [-0.39, 0.29) is 12.2 Å². The predicted octanol–water partition coefficient (Wildman–Crippen LogP) is 2.21. The Morgan fingerprint density at radius 2 is 1.54 bits per heavy atom. The highest BCUT2D eigenvalue weighted by molar-refractivity contribution is 6.80. The van der Waals surface area contributed by atoms with Crippen LogP contribution in [0.2, 0.25) is 0 Å². The summed E-state index contributed by atoms with van der Waals surface area (Å²) < 4.78 is 12.1. The number of unbranched alkanes of at least 4 members (excludes halogenated alkanes) is 1. The van der Waals surface area contributed by atoms with E-state index in [0.29, 0.717) is 6.42 Å². The lowest BCUT2D eigenvalue weighted by Gasteiger charge is -2.32. The van der Waals surface area contributed by atoms with Crippen LogP contribution < -0.4 is 10.4 Å². The van der Waals surface area contributed by atoms with Gasteiger partial charge in [-0.2, -0.15) is 0 Å². The van der Waals surface area contributed by atoms with Crippen LogP contribution in [0.3, 0.4) is 0 Å². The third kappa shape index (κ3) is 3.95. The maximum absolute atomic E-state index is 11.2. The van der Waals surface area contributed by atoms with Gasteiger partial charge in [0.2, 0.25) is 9.04 Å². The van der Waals surface area contributed by atoms with Gasteiger partial charge in [-0.25, -0.2) is 0 Å². The lowest BCUT2D eigenvalue weighted by Crippen LogP contribution is -2.54. The van der Waals surface area contributed by atoms with E-state index in [1.54, 1.807) is 0 Å². The molecule has 1 saturated heterocycles. The lowest BCUT2D eigenvalue weighted by molar-refractivity contribution is -0.160. The fourth-order valence-corrected chi connectivity index (χ4v) is 5.61. The average molecular weight is 343 g/mol. The first kappa shape index (κ1) is 17.4. The highest BCUT2D eigenvalue weighted by atomic mass is 28.3. The minimum absolute atomic E-state index is 0.0630. The van der Waals surface area contributed by atoms with Gasteiger partial charge in [0.1, 0.15) is 6.10 Å². The first-order valence-corrected chi connectivity index (χ1v) is 10.4. The predicted molar refractivity (Wildman–Crippen MR) is 99.2 cm³/mol. The van der Waals surface area contributed by atoms with Crippen LogP contribution in [-0.2, 0) is 9.16 Å². The summed E-state index contributed by atoms with van der Waals surface area (Å²) >= 11 is 0. The molecule has 4 heteroatoms. The Bertz CT molecular complexity index is 594. The van der Waals surface area contributed by atoms with Crippen molar-refractivity contribution in [2.24, 2.45) is 0 Å². The molecule has 0 spiro atoms. The third-order valence-corrected chi connectivity index (χ3v) is 7.20. The summed E-state index contributed by atoms with van der Waals surface area (Å²) in [5, 5.41) is 13.6. The highest BCUT2D eigenvalue weighted by Crippen LogP contribution is 2.36. The molecule has 0 aromatic heterocycles. The molecule has 0 aliphatic carbocycles. The minimum Gasteiger partial charge on any atom is -0.382 e. The van der Waals surface area contributed by atoms with E-state index in [4.69, 9.17) is 9.16 Å². The summed E-state index contributed by atoms with van der Waals surface area (Å²) in [7, 11) is -1.99. The van der Waals surface area contributed by atoms with Gasteiger partial charge < -0.3 is 14.3 Å². The second kappa shape index (κ2) is 7.62. The Balaban J connectivity index is 1.90. The Kier molecular flexibility index (Phi) is 5.51. The Morgan fingerprint density at radius 3 is 1.96 bits per heavy atom. The van der Waals surface area contributed by atoms with E-state index in [1.165, 1.54) is 10.4 Å². The molecular weight excluding hydrogens is 316 g/mol. The van der Waals surface area contributed by atoms with E-state index in [1.807, 2.05) is 43.3 Å². The molecule has 0 amide bonds. The second-order valence-electron chi connectivity index (χ2n) is 6.53. The molecule has 1 aliphatic heterocycles. The van der Waals surface area contributed by atoms with Crippen LogP contribution in [0.5, 0.6) is 0 Å². The fraction of sp³-hybridized carbons (Fsp3) is 0.400. The molecule has 0 bridgehead atoms. The van der Waals surface area contributed by atoms with Crippen molar-refractivity contribution in [1.29, 1.82) is 0 Å². The molecule has 128 valence electrons. The topological polar surface area (TPSA) is 42.0 Å².